The third kappa shape index (κ3) is 3.81. The molecule has 1 aromatic rings. The standard InChI is InChI=1S/C14H17NO5S/c1-2-9-3-6-11(7-12(9)14(17)18)21(19,20)8-13(16)15-10-4-5-10/h3,6-7,10H,2,4-5,8H2,1H3,(H,15,16)(H,17,18). The van der Waals surface area contributed by atoms with Crippen LogP contribution in [0, 0.1) is 0 Å². The average molecular weight is 311 g/mol. The van der Waals surface area contributed by atoms with Gasteiger partial charge in [-0.1, -0.05) is 13.0 Å². The molecular weight excluding hydrogens is 294 g/mol. The fraction of sp³-hybridized carbons (Fsp3) is 0.429. The van der Waals surface area contributed by atoms with E-state index in [0.717, 1.165) is 18.9 Å². The van der Waals surface area contributed by atoms with Crippen molar-refractivity contribution < 1.29 is 23.1 Å². The predicted octanol–water partition coefficient (Wildman–Crippen LogP) is 0.999. The number of nitrogens with one attached hydrogen (secondary N) is 1. The van der Waals surface area contributed by atoms with E-state index in [0.29, 0.717) is 12.0 Å². The molecule has 0 unspecified atom stereocenters. The lowest BCUT2D eigenvalue weighted by Crippen LogP contribution is -2.31. The Hall–Kier alpha value is -1.89. The second-order valence-corrected chi connectivity index (χ2v) is 7.07. The minimum Gasteiger partial charge on any atom is -0.478 e. The normalized spacial score (nSPS) is 14.7. The Morgan fingerprint density at radius 1 is 1.33 bits per heavy atom. The van der Waals surface area contributed by atoms with Crippen LogP contribution in [0.15, 0.2) is 23.1 Å². The second kappa shape index (κ2) is 5.85. The maximum Gasteiger partial charge on any atom is 0.336 e. The highest BCUT2D eigenvalue weighted by Gasteiger charge is 2.27. The molecule has 0 saturated heterocycles. The maximum atomic E-state index is 12.2. The monoisotopic (exact) mass is 311 g/mol. The molecule has 2 N–H and O–H groups in total. The van der Waals surface area contributed by atoms with Crippen LogP contribution in [-0.4, -0.2) is 37.2 Å². The van der Waals surface area contributed by atoms with Crippen LogP contribution in [0.4, 0.5) is 0 Å². The number of aromatic carboxylic acids is 1. The highest BCUT2D eigenvalue weighted by atomic mass is 32.2. The number of carbonyl (C=O) groups is 2. The highest BCUT2D eigenvalue weighted by Crippen LogP contribution is 2.20. The number of benzene rings is 1. The molecule has 21 heavy (non-hydrogen) atoms. The third-order valence-electron chi connectivity index (χ3n) is 3.32. The molecule has 0 spiro atoms. The maximum absolute atomic E-state index is 12.2. The van der Waals surface area contributed by atoms with Crippen molar-refractivity contribution >= 4 is 21.7 Å². The van der Waals surface area contributed by atoms with Crippen molar-refractivity contribution in [2.24, 2.45) is 0 Å². The Morgan fingerprint density at radius 2 is 2.00 bits per heavy atom. The SMILES string of the molecule is CCc1ccc(S(=O)(=O)CC(=O)NC2CC2)cc1C(=O)O. The Balaban J connectivity index is 2.24. The minimum absolute atomic E-state index is 0.0406. The fourth-order valence-electron chi connectivity index (χ4n) is 2.01. The van der Waals surface area contributed by atoms with E-state index in [-0.39, 0.29) is 16.5 Å². The van der Waals surface area contributed by atoms with Gasteiger partial charge in [0.05, 0.1) is 10.5 Å². The highest BCUT2D eigenvalue weighted by molar-refractivity contribution is 7.92. The van der Waals surface area contributed by atoms with Gasteiger partial charge < -0.3 is 10.4 Å². The summed E-state index contributed by atoms with van der Waals surface area (Å²) in [6, 6.07) is 4.05. The van der Waals surface area contributed by atoms with E-state index in [1.54, 1.807) is 6.92 Å². The molecule has 0 aliphatic heterocycles. The zero-order valence-electron chi connectivity index (χ0n) is 11.6. The summed E-state index contributed by atoms with van der Waals surface area (Å²) in [6.07, 6.45) is 2.24. The van der Waals surface area contributed by atoms with Crippen molar-refractivity contribution in [1.29, 1.82) is 0 Å². The first-order valence-corrected chi connectivity index (χ1v) is 8.37. The average Bonchev–Trinajstić information content (AvgIpc) is 3.20. The lowest BCUT2D eigenvalue weighted by atomic mass is 10.1. The zero-order valence-corrected chi connectivity index (χ0v) is 12.4. The van der Waals surface area contributed by atoms with Gasteiger partial charge in [-0.3, -0.25) is 4.79 Å². The van der Waals surface area contributed by atoms with Crippen molar-refractivity contribution in [3.8, 4) is 0 Å². The summed E-state index contributed by atoms with van der Waals surface area (Å²) >= 11 is 0. The molecule has 1 aliphatic carbocycles. The molecule has 0 heterocycles. The molecule has 7 heteroatoms. The third-order valence-corrected chi connectivity index (χ3v) is 4.93. The molecule has 114 valence electrons. The first-order valence-electron chi connectivity index (χ1n) is 6.72. The lowest BCUT2D eigenvalue weighted by Gasteiger charge is -2.08. The molecule has 1 saturated carbocycles. The molecule has 1 amide bonds. The molecule has 1 fully saturated rings. The minimum atomic E-state index is -3.83. The van der Waals surface area contributed by atoms with E-state index in [2.05, 4.69) is 5.32 Å². The number of hydrogen-bond donors (Lipinski definition) is 2. The number of carboxylic acid groups (broad SMARTS) is 1. The summed E-state index contributed by atoms with van der Waals surface area (Å²) in [4.78, 5) is 22.6. The van der Waals surface area contributed by atoms with E-state index in [1.807, 2.05) is 0 Å². The number of aryl methyl sites for hydroxylation is 1. The van der Waals surface area contributed by atoms with Crippen LogP contribution < -0.4 is 5.32 Å². The van der Waals surface area contributed by atoms with Gasteiger partial charge >= 0.3 is 5.97 Å². The van der Waals surface area contributed by atoms with Crippen LogP contribution in [0.5, 0.6) is 0 Å². The molecule has 0 aromatic heterocycles. The number of amides is 1. The van der Waals surface area contributed by atoms with Gasteiger partial charge in [0.15, 0.2) is 9.84 Å². The molecule has 1 aromatic carbocycles. The van der Waals surface area contributed by atoms with E-state index >= 15 is 0 Å². The summed E-state index contributed by atoms with van der Waals surface area (Å²) in [5.74, 6) is -2.38. The quantitative estimate of drug-likeness (QED) is 0.816. The molecular formula is C14H17NO5S. The zero-order chi connectivity index (χ0) is 15.6. The largest absolute Gasteiger partial charge is 0.478 e. The number of rotatable bonds is 6. The number of sulfone groups is 1. The molecule has 0 atom stereocenters. The van der Waals surface area contributed by atoms with Crippen molar-refractivity contribution in [1.82, 2.24) is 5.32 Å². The Morgan fingerprint density at radius 3 is 2.52 bits per heavy atom. The van der Waals surface area contributed by atoms with Gasteiger partial charge in [0.1, 0.15) is 5.75 Å². The van der Waals surface area contributed by atoms with Gasteiger partial charge in [0.25, 0.3) is 0 Å². The van der Waals surface area contributed by atoms with Crippen LogP contribution in [0.25, 0.3) is 0 Å². The van der Waals surface area contributed by atoms with Crippen LogP contribution in [-0.2, 0) is 21.1 Å². The summed E-state index contributed by atoms with van der Waals surface area (Å²) in [5.41, 5.74) is 0.519. The Kier molecular flexibility index (Phi) is 4.32. The molecule has 1 aliphatic rings. The van der Waals surface area contributed by atoms with E-state index in [4.69, 9.17) is 5.11 Å². The van der Waals surface area contributed by atoms with E-state index in [1.165, 1.54) is 12.1 Å². The van der Waals surface area contributed by atoms with Crippen LogP contribution in [0.1, 0.15) is 35.7 Å². The number of carbonyl (C=O) groups excluding carboxylic acids is 1. The van der Waals surface area contributed by atoms with Crippen molar-refractivity contribution in [2.45, 2.75) is 37.1 Å². The van der Waals surface area contributed by atoms with Crippen molar-refractivity contribution in [2.75, 3.05) is 5.75 Å². The molecule has 0 bridgehead atoms. The Bertz CT molecular complexity index is 677. The predicted molar refractivity (Wildman–Crippen MR) is 76.0 cm³/mol. The first-order chi connectivity index (χ1) is 9.83. The van der Waals surface area contributed by atoms with Gasteiger partial charge in [0.2, 0.25) is 5.91 Å². The molecule has 6 nitrogen and oxygen atoms in total. The van der Waals surface area contributed by atoms with E-state index in [9.17, 15) is 18.0 Å². The van der Waals surface area contributed by atoms with Crippen molar-refractivity contribution in [3.05, 3.63) is 29.3 Å². The number of hydrogen-bond acceptors (Lipinski definition) is 4. The van der Waals surface area contributed by atoms with Gasteiger partial charge in [-0.15, -0.1) is 0 Å². The van der Waals surface area contributed by atoms with Gasteiger partial charge in [-0.05, 0) is 37.0 Å². The van der Waals surface area contributed by atoms with Gasteiger partial charge in [0, 0.05) is 6.04 Å². The lowest BCUT2D eigenvalue weighted by molar-refractivity contribution is -0.118. The summed E-state index contributed by atoms with van der Waals surface area (Å²) in [6.45, 7) is 1.79. The second-order valence-electron chi connectivity index (χ2n) is 5.08. The van der Waals surface area contributed by atoms with Gasteiger partial charge in [-0.2, -0.15) is 0 Å². The summed E-state index contributed by atoms with van der Waals surface area (Å²) in [7, 11) is -3.83. The summed E-state index contributed by atoms with van der Waals surface area (Å²) < 4.78 is 24.3. The van der Waals surface area contributed by atoms with E-state index < -0.39 is 27.5 Å². The van der Waals surface area contributed by atoms with Crippen LogP contribution >= 0.6 is 0 Å². The molecule has 2 rings (SSSR count). The Labute approximate surface area is 123 Å². The first kappa shape index (κ1) is 15.5. The van der Waals surface area contributed by atoms with Crippen molar-refractivity contribution in [3.63, 3.8) is 0 Å². The van der Waals surface area contributed by atoms with Crippen LogP contribution in [0.3, 0.4) is 0 Å². The smallest absolute Gasteiger partial charge is 0.336 e. The molecule has 0 radical (unpaired) electrons. The van der Waals surface area contributed by atoms with Gasteiger partial charge in [-0.25, -0.2) is 13.2 Å². The summed E-state index contributed by atoms with van der Waals surface area (Å²) in [5, 5.41) is 11.7. The fourth-order valence-corrected chi connectivity index (χ4v) is 3.18. The topological polar surface area (TPSA) is 101 Å². The van der Waals surface area contributed by atoms with Crippen LogP contribution in [0.2, 0.25) is 0 Å². The number of carboxylic acids is 1.